The Morgan fingerprint density at radius 2 is 1.96 bits per heavy atom. The number of hydrogen-bond donors (Lipinski definition) is 0. The number of nitrogens with zero attached hydrogens (tertiary/aromatic N) is 1. The van der Waals surface area contributed by atoms with Gasteiger partial charge in [0.15, 0.2) is 0 Å². The van der Waals surface area contributed by atoms with Gasteiger partial charge in [-0.3, -0.25) is 4.79 Å². The van der Waals surface area contributed by atoms with Crippen LogP contribution in [0.1, 0.15) is 46.1 Å². The predicted molar refractivity (Wildman–Crippen MR) is 89.2 cm³/mol. The highest BCUT2D eigenvalue weighted by Crippen LogP contribution is 2.32. The molecule has 4 nitrogen and oxygen atoms in total. The highest BCUT2D eigenvalue weighted by molar-refractivity contribution is 5.91. The minimum absolute atomic E-state index is 0.00505. The molecule has 0 spiro atoms. The number of alkyl halides is 3. The molecule has 1 aliphatic rings. The summed E-state index contributed by atoms with van der Waals surface area (Å²) in [6.45, 7) is 2.31. The first kappa shape index (κ1) is 18.2. The minimum atomic E-state index is -4.51. The van der Waals surface area contributed by atoms with E-state index in [1.54, 1.807) is 6.92 Å². The average Bonchev–Trinajstić information content (AvgIpc) is 3.07. The standard InChI is InChI=1S/C19H18F3NO3/c1-2-26-18(25)14-11-13(17(24)23-9-5-8-16(14)23)10-12-6-3-4-7-15(12)19(20,21)22/h3-4,6-7,11H,2,5,8-10H2,1H3. The van der Waals surface area contributed by atoms with Gasteiger partial charge in [0.25, 0.3) is 5.56 Å². The van der Waals surface area contributed by atoms with E-state index in [0.29, 0.717) is 25.1 Å². The number of halogens is 3. The van der Waals surface area contributed by atoms with Crippen molar-refractivity contribution in [3.63, 3.8) is 0 Å². The zero-order chi connectivity index (χ0) is 18.9. The largest absolute Gasteiger partial charge is 0.462 e. The fourth-order valence-corrected chi connectivity index (χ4v) is 3.34. The van der Waals surface area contributed by atoms with Crippen LogP contribution in [0.4, 0.5) is 13.2 Å². The second kappa shape index (κ2) is 6.97. The van der Waals surface area contributed by atoms with E-state index in [2.05, 4.69) is 0 Å². The quantitative estimate of drug-likeness (QED) is 0.778. The lowest BCUT2D eigenvalue weighted by Crippen LogP contribution is -2.27. The number of hydrogen-bond acceptors (Lipinski definition) is 3. The number of pyridine rings is 1. The van der Waals surface area contributed by atoms with Gasteiger partial charge in [0.2, 0.25) is 0 Å². The smallest absolute Gasteiger partial charge is 0.416 e. The summed E-state index contributed by atoms with van der Waals surface area (Å²) in [7, 11) is 0. The van der Waals surface area contributed by atoms with E-state index < -0.39 is 17.7 Å². The molecule has 1 aromatic carbocycles. The summed E-state index contributed by atoms with van der Waals surface area (Å²) < 4.78 is 46.2. The maximum absolute atomic E-state index is 13.2. The molecule has 0 N–H and O–H groups in total. The maximum atomic E-state index is 13.2. The third kappa shape index (κ3) is 3.38. The van der Waals surface area contributed by atoms with Gasteiger partial charge in [-0.05, 0) is 37.5 Å². The summed E-state index contributed by atoms with van der Waals surface area (Å²) in [6, 6.07) is 6.55. The molecule has 0 fully saturated rings. The monoisotopic (exact) mass is 365 g/mol. The molecule has 0 unspecified atom stereocenters. The Kier molecular flexibility index (Phi) is 4.89. The first-order chi connectivity index (χ1) is 12.3. The van der Waals surface area contributed by atoms with E-state index >= 15 is 0 Å². The fraction of sp³-hybridized carbons (Fsp3) is 0.368. The van der Waals surface area contributed by atoms with Gasteiger partial charge in [-0.1, -0.05) is 18.2 Å². The second-order valence-corrected chi connectivity index (χ2v) is 6.14. The van der Waals surface area contributed by atoms with Gasteiger partial charge in [0.05, 0.1) is 17.7 Å². The first-order valence-corrected chi connectivity index (χ1v) is 8.40. The van der Waals surface area contributed by atoms with Crippen molar-refractivity contribution in [2.75, 3.05) is 6.61 Å². The maximum Gasteiger partial charge on any atom is 0.416 e. The Morgan fingerprint density at radius 3 is 2.65 bits per heavy atom. The third-order valence-electron chi connectivity index (χ3n) is 4.47. The van der Waals surface area contributed by atoms with Gasteiger partial charge in [-0.2, -0.15) is 13.2 Å². The van der Waals surface area contributed by atoms with Gasteiger partial charge in [0, 0.05) is 24.2 Å². The lowest BCUT2D eigenvalue weighted by Gasteiger charge is -2.15. The van der Waals surface area contributed by atoms with Gasteiger partial charge < -0.3 is 9.30 Å². The van der Waals surface area contributed by atoms with Gasteiger partial charge in [0.1, 0.15) is 0 Å². The van der Waals surface area contributed by atoms with Gasteiger partial charge in [-0.15, -0.1) is 0 Å². The van der Waals surface area contributed by atoms with Crippen LogP contribution < -0.4 is 5.56 Å². The van der Waals surface area contributed by atoms with Crippen LogP contribution in [0.2, 0.25) is 0 Å². The van der Waals surface area contributed by atoms with Gasteiger partial charge in [-0.25, -0.2) is 4.79 Å². The molecule has 7 heteroatoms. The molecule has 0 radical (unpaired) electrons. The summed E-state index contributed by atoms with van der Waals surface area (Å²) in [4.78, 5) is 24.9. The average molecular weight is 365 g/mol. The van der Waals surface area contributed by atoms with Crippen LogP contribution in [0.5, 0.6) is 0 Å². The molecule has 2 heterocycles. The van der Waals surface area contributed by atoms with E-state index in [9.17, 15) is 22.8 Å². The molecule has 26 heavy (non-hydrogen) atoms. The molecule has 138 valence electrons. The molecule has 0 amide bonds. The first-order valence-electron chi connectivity index (χ1n) is 8.40. The van der Waals surface area contributed by atoms with Crippen molar-refractivity contribution in [1.29, 1.82) is 0 Å². The number of ether oxygens (including phenoxy) is 1. The van der Waals surface area contributed by atoms with Crippen molar-refractivity contribution < 1.29 is 22.7 Å². The van der Waals surface area contributed by atoms with Gasteiger partial charge >= 0.3 is 12.1 Å². The SMILES string of the molecule is CCOC(=O)c1cc(Cc2ccccc2C(F)(F)F)c(=O)n2c1CCC2. The van der Waals surface area contributed by atoms with Crippen LogP contribution >= 0.6 is 0 Å². The summed E-state index contributed by atoms with van der Waals surface area (Å²) in [5.41, 5.74) is -0.0873. The van der Waals surface area contributed by atoms with Crippen LogP contribution in [0.15, 0.2) is 35.1 Å². The van der Waals surface area contributed by atoms with E-state index in [1.165, 1.54) is 28.8 Å². The number of esters is 1. The molecular weight excluding hydrogens is 347 g/mol. The summed E-state index contributed by atoms with van der Waals surface area (Å²) in [5.74, 6) is -0.552. The number of carbonyl (C=O) groups excluding carboxylic acids is 1. The Labute approximate surface area is 148 Å². The Bertz CT molecular complexity index is 900. The lowest BCUT2D eigenvalue weighted by molar-refractivity contribution is -0.138. The summed E-state index contributed by atoms with van der Waals surface area (Å²) in [6.07, 6.45) is -3.41. The zero-order valence-electron chi connectivity index (χ0n) is 14.2. The number of fused-ring (bicyclic) bond motifs is 1. The molecule has 3 rings (SSSR count). The van der Waals surface area contributed by atoms with Crippen molar-refractivity contribution in [3.05, 3.63) is 68.6 Å². The van der Waals surface area contributed by atoms with Crippen LogP contribution in [-0.4, -0.2) is 17.1 Å². The molecule has 1 aliphatic heterocycles. The van der Waals surface area contributed by atoms with Crippen molar-refractivity contribution >= 4 is 5.97 Å². The van der Waals surface area contributed by atoms with Crippen molar-refractivity contribution in [2.24, 2.45) is 0 Å². The van der Waals surface area contributed by atoms with E-state index in [1.807, 2.05) is 0 Å². The van der Waals surface area contributed by atoms with E-state index in [-0.39, 0.29) is 35.3 Å². The number of aromatic nitrogens is 1. The molecule has 1 aromatic heterocycles. The van der Waals surface area contributed by atoms with Crippen LogP contribution in [-0.2, 0) is 30.3 Å². The van der Waals surface area contributed by atoms with Crippen LogP contribution in [0, 0.1) is 0 Å². The third-order valence-corrected chi connectivity index (χ3v) is 4.47. The Hall–Kier alpha value is -2.57. The zero-order valence-corrected chi connectivity index (χ0v) is 14.2. The van der Waals surface area contributed by atoms with Crippen molar-refractivity contribution in [2.45, 2.75) is 38.9 Å². The Morgan fingerprint density at radius 1 is 1.23 bits per heavy atom. The van der Waals surface area contributed by atoms with Crippen LogP contribution in [0.3, 0.4) is 0 Å². The second-order valence-electron chi connectivity index (χ2n) is 6.14. The van der Waals surface area contributed by atoms with Crippen molar-refractivity contribution in [3.8, 4) is 0 Å². The number of benzene rings is 1. The number of rotatable bonds is 4. The highest BCUT2D eigenvalue weighted by atomic mass is 19.4. The molecule has 2 aromatic rings. The van der Waals surface area contributed by atoms with Crippen LogP contribution in [0.25, 0.3) is 0 Å². The summed E-state index contributed by atoms with van der Waals surface area (Å²) in [5, 5.41) is 0. The topological polar surface area (TPSA) is 48.3 Å². The minimum Gasteiger partial charge on any atom is -0.462 e. The van der Waals surface area contributed by atoms with Crippen molar-refractivity contribution in [1.82, 2.24) is 4.57 Å². The predicted octanol–water partition coefficient (Wildman–Crippen LogP) is 3.58. The molecule has 0 bridgehead atoms. The molecule has 0 saturated heterocycles. The molecular formula is C19H18F3NO3. The summed E-state index contributed by atoms with van der Waals surface area (Å²) >= 11 is 0. The van der Waals surface area contributed by atoms with E-state index in [0.717, 1.165) is 6.07 Å². The fourth-order valence-electron chi connectivity index (χ4n) is 3.34. The number of carbonyl (C=O) groups is 1. The highest BCUT2D eigenvalue weighted by Gasteiger charge is 2.33. The molecule has 0 saturated carbocycles. The Balaban J connectivity index is 2.09. The molecule has 0 aliphatic carbocycles. The lowest BCUT2D eigenvalue weighted by atomic mass is 9.98. The van der Waals surface area contributed by atoms with E-state index in [4.69, 9.17) is 4.74 Å². The molecule has 0 atom stereocenters. The normalized spacial score (nSPS) is 13.5.